The van der Waals surface area contributed by atoms with E-state index < -0.39 is 17.6 Å². The molecule has 1 N–H and O–H groups in total. The number of hydrogen-bond donors (Lipinski definition) is 1. The van der Waals surface area contributed by atoms with E-state index in [-0.39, 0.29) is 22.7 Å². The number of carbonyl (C=O) groups is 1. The molecular formula is C21H23F3N2O5. The van der Waals surface area contributed by atoms with Crippen molar-refractivity contribution in [3.8, 4) is 17.2 Å². The van der Waals surface area contributed by atoms with Crippen LogP contribution in [0, 0.1) is 0 Å². The van der Waals surface area contributed by atoms with E-state index in [1.54, 1.807) is 0 Å². The van der Waals surface area contributed by atoms with Crippen molar-refractivity contribution in [1.82, 2.24) is 0 Å². The van der Waals surface area contributed by atoms with Crippen molar-refractivity contribution < 1.29 is 36.9 Å². The van der Waals surface area contributed by atoms with Gasteiger partial charge >= 0.3 is 6.18 Å². The first-order chi connectivity index (χ1) is 14.8. The lowest BCUT2D eigenvalue weighted by atomic mass is 10.1. The third-order valence-electron chi connectivity index (χ3n) is 4.87. The van der Waals surface area contributed by atoms with Crippen molar-refractivity contribution in [1.29, 1.82) is 0 Å². The second-order valence-corrected chi connectivity index (χ2v) is 6.67. The SMILES string of the molecule is COc1ccc(C(=O)Nc2cc(C(F)(F)F)ccc2N2CCOCC2)c(OC)c1OC. The molecule has 168 valence electrons. The molecule has 1 amide bonds. The Labute approximate surface area is 177 Å². The van der Waals surface area contributed by atoms with Crippen molar-refractivity contribution >= 4 is 17.3 Å². The van der Waals surface area contributed by atoms with E-state index in [1.165, 1.54) is 39.5 Å². The van der Waals surface area contributed by atoms with E-state index in [0.29, 0.717) is 37.7 Å². The van der Waals surface area contributed by atoms with Crippen molar-refractivity contribution in [2.45, 2.75) is 6.18 Å². The number of halogens is 3. The maximum Gasteiger partial charge on any atom is 0.416 e. The van der Waals surface area contributed by atoms with Crippen molar-refractivity contribution in [2.24, 2.45) is 0 Å². The first kappa shape index (κ1) is 22.5. The fourth-order valence-electron chi connectivity index (χ4n) is 3.36. The van der Waals surface area contributed by atoms with Gasteiger partial charge in [0, 0.05) is 13.1 Å². The average molecular weight is 440 g/mol. The molecule has 0 bridgehead atoms. The number of nitrogens with zero attached hydrogens (tertiary/aromatic N) is 1. The van der Waals surface area contributed by atoms with Crippen LogP contribution in [0.15, 0.2) is 30.3 Å². The molecule has 0 aromatic heterocycles. The molecule has 2 aromatic carbocycles. The number of hydrogen-bond acceptors (Lipinski definition) is 6. The zero-order valence-electron chi connectivity index (χ0n) is 17.3. The molecule has 0 saturated carbocycles. The lowest BCUT2D eigenvalue weighted by molar-refractivity contribution is -0.137. The van der Waals surface area contributed by atoms with Gasteiger partial charge in [-0.1, -0.05) is 0 Å². The third-order valence-corrected chi connectivity index (χ3v) is 4.87. The maximum absolute atomic E-state index is 13.3. The second-order valence-electron chi connectivity index (χ2n) is 6.67. The smallest absolute Gasteiger partial charge is 0.416 e. The predicted octanol–water partition coefficient (Wildman–Crippen LogP) is 3.82. The van der Waals surface area contributed by atoms with Crippen LogP contribution in [0.2, 0.25) is 0 Å². The normalized spacial score (nSPS) is 14.2. The fraction of sp³-hybridized carbons (Fsp3) is 0.381. The number of benzene rings is 2. The number of methoxy groups -OCH3 is 3. The van der Waals surface area contributed by atoms with Crippen LogP contribution in [0.1, 0.15) is 15.9 Å². The first-order valence-corrected chi connectivity index (χ1v) is 9.44. The highest BCUT2D eigenvalue weighted by molar-refractivity contribution is 6.08. The Morgan fingerprint density at radius 3 is 2.26 bits per heavy atom. The molecule has 0 atom stereocenters. The van der Waals surface area contributed by atoms with Crippen LogP contribution in [0.5, 0.6) is 17.2 Å². The van der Waals surface area contributed by atoms with E-state index in [2.05, 4.69) is 5.32 Å². The number of rotatable bonds is 6. The zero-order chi connectivity index (χ0) is 22.6. The summed E-state index contributed by atoms with van der Waals surface area (Å²) in [7, 11) is 4.19. The van der Waals surface area contributed by atoms with Crippen molar-refractivity contribution in [3.63, 3.8) is 0 Å². The summed E-state index contributed by atoms with van der Waals surface area (Å²) in [5.74, 6) is 0.0185. The van der Waals surface area contributed by atoms with Crippen LogP contribution in [0.25, 0.3) is 0 Å². The van der Waals surface area contributed by atoms with Crippen LogP contribution >= 0.6 is 0 Å². The molecule has 2 aromatic rings. The van der Waals surface area contributed by atoms with E-state index in [0.717, 1.165) is 12.1 Å². The molecule has 31 heavy (non-hydrogen) atoms. The Kier molecular flexibility index (Phi) is 6.79. The molecule has 7 nitrogen and oxygen atoms in total. The monoisotopic (exact) mass is 440 g/mol. The van der Waals surface area contributed by atoms with Gasteiger partial charge in [0.25, 0.3) is 5.91 Å². The second kappa shape index (κ2) is 9.34. The molecular weight excluding hydrogens is 417 g/mol. The van der Waals surface area contributed by atoms with Crippen molar-refractivity contribution in [2.75, 3.05) is 57.8 Å². The highest BCUT2D eigenvalue weighted by Crippen LogP contribution is 2.41. The van der Waals surface area contributed by atoms with Gasteiger partial charge in [0.05, 0.1) is 57.0 Å². The number of anilines is 2. The van der Waals surface area contributed by atoms with Crippen LogP contribution in [0.4, 0.5) is 24.5 Å². The highest BCUT2D eigenvalue weighted by Gasteiger charge is 2.32. The Balaban J connectivity index is 2.01. The highest BCUT2D eigenvalue weighted by atomic mass is 19.4. The van der Waals surface area contributed by atoms with Crippen LogP contribution in [-0.2, 0) is 10.9 Å². The first-order valence-electron chi connectivity index (χ1n) is 9.44. The molecule has 0 radical (unpaired) electrons. The number of ether oxygens (including phenoxy) is 4. The van der Waals surface area contributed by atoms with Gasteiger partial charge in [-0.3, -0.25) is 4.79 Å². The summed E-state index contributed by atoms with van der Waals surface area (Å²) in [6.45, 7) is 1.87. The predicted molar refractivity (Wildman–Crippen MR) is 109 cm³/mol. The summed E-state index contributed by atoms with van der Waals surface area (Å²) >= 11 is 0. The third kappa shape index (κ3) is 4.79. The van der Waals surface area contributed by atoms with Gasteiger partial charge in [0.1, 0.15) is 0 Å². The maximum atomic E-state index is 13.3. The summed E-state index contributed by atoms with van der Waals surface area (Å²) in [4.78, 5) is 14.9. The van der Waals surface area contributed by atoms with Gasteiger partial charge in [-0.25, -0.2) is 0 Å². The Bertz CT molecular complexity index is 943. The van der Waals surface area contributed by atoms with E-state index in [9.17, 15) is 18.0 Å². The minimum atomic E-state index is -4.55. The Morgan fingerprint density at radius 1 is 1.00 bits per heavy atom. The number of carbonyl (C=O) groups excluding carboxylic acids is 1. The lowest BCUT2D eigenvalue weighted by Gasteiger charge is -2.31. The number of alkyl halides is 3. The number of morpholine rings is 1. The molecule has 10 heteroatoms. The van der Waals surface area contributed by atoms with Crippen molar-refractivity contribution in [3.05, 3.63) is 41.5 Å². The molecule has 1 fully saturated rings. The number of amides is 1. The molecule has 1 aliphatic rings. The lowest BCUT2D eigenvalue weighted by Crippen LogP contribution is -2.36. The molecule has 0 unspecified atom stereocenters. The van der Waals surface area contributed by atoms with Crippen LogP contribution in [0.3, 0.4) is 0 Å². The Morgan fingerprint density at radius 2 is 1.68 bits per heavy atom. The molecule has 0 spiro atoms. The number of nitrogens with one attached hydrogen (secondary N) is 1. The largest absolute Gasteiger partial charge is 0.493 e. The molecule has 0 aliphatic carbocycles. The Hall–Kier alpha value is -3.14. The zero-order valence-corrected chi connectivity index (χ0v) is 17.3. The summed E-state index contributed by atoms with van der Waals surface area (Å²) < 4.78 is 61.0. The van der Waals surface area contributed by atoms with Gasteiger partial charge < -0.3 is 29.2 Å². The summed E-state index contributed by atoms with van der Waals surface area (Å²) in [5.41, 5.74) is -0.257. The van der Waals surface area contributed by atoms with Crippen LogP contribution < -0.4 is 24.4 Å². The summed E-state index contributed by atoms with van der Waals surface area (Å²) in [5, 5.41) is 2.60. The van der Waals surface area contributed by atoms with Gasteiger partial charge in [-0.05, 0) is 30.3 Å². The van der Waals surface area contributed by atoms with Crippen LogP contribution in [-0.4, -0.2) is 53.5 Å². The topological polar surface area (TPSA) is 69.3 Å². The van der Waals surface area contributed by atoms with Gasteiger partial charge in [0.15, 0.2) is 11.5 Å². The molecule has 1 heterocycles. The minimum absolute atomic E-state index is 0.0403. The average Bonchev–Trinajstić information content (AvgIpc) is 2.77. The summed E-state index contributed by atoms with van der Waals surface area (Å²) in [6, 6.07) is 6.26. The molecule has 1 aliphatic heterocycles. The molecule has 1 saturated heterocycles. The van der Waals surface area contributed by atoms with E-state index >= 15 is 0 Å². The van der Waals surface area contributed by atoms with Gasteiger partial charge in [-0.15, -0.1) is 0 Å². The quantitative estimate of drug-likeness (QED) is 0.737. The van der Waals surface area contributed by atoms with Gasteiger partial charge in [-0.2, -0.15) is 13.2 Å². The minimum Gasteiger partial charge on any atom is -0.493 e. The summed E-state index contributed by atoms with van der Waals surface area (Å²) in [6.07, 6.45) is -4.55. The van der Waals surface area contributed by atoms with E-state index in [1.807, 2.05) is 4.90 Å². The molecule has 3 rings (SSSR count). The van der Waals surface area contributed by atoms with E-state index in [4.69, 9.17) is 18.9 Å². The van der Waals surface area contributed by atoms with Gasteiger partial charge in [0.2, 0.25) is 5.75 Å². The fourth-order valence-corrected chi connectivity index (χ4v) is 3.36. The standard InChI is InChI=1S/C21H23F3N2O5/c1-28-17-7-5-14(18(29-2)19(17)30-3)20(27)25-15-12-13(21(22,23)24)4-6-16(15)26-8-10-31-11-9-26/h4-7,12H,8-11H2,1-3H3,(H,25,27).